The van der Waals surface area contributed by atoms with Crippen LogP contribution in [-0.4, -0.2) is 0 Å². The van der Waals surface area contributed by atoms with Crippen LogP contribution in [0.4, 0.5) is 0 Å². The number of hydrogen-bond acceptors (Lipinski definition) is 2. The third-order valence-corrected chi connectivity index (χ3v) is 1.78. The molecule has 0 N–H and O–H groups in total. The third kappa shape index (κ3) is 2.22. The maximum absolute atomic E-state index is 8.62. The highest BCUT2D eigenvalue weighted by Crippen LogP contribution is 2.11. The molecule has 0 radical (unpaired) electrons. The molecule has 13 heavy (non-hydrogen) atoms. The van der Waals surface area contributed by atoms with Crippen LogP contribution in [0.25, 0.3) is 10.4 Å². The molecule has 0 heterocycles. The van der Waals surface area contributed by atoms with Gasteiger partial charge in [0.25, 0.3) is 0 Å². The number of hydrogen-bond donors (Lipinski definition) is 0. The zero-order valence-corrected chi connectivity index (χ0v) is 7.23. The molecule has 0 atom stereocenters. The van der Waals surface area contributed by atoms with Crippen LogP contribution < -0.4 is 0 Å². The number of aryl methyl sites for hydroxylation is 1. The summed E-state index contributed by atoms with van der Waals surface area (Å²) in [6.07, 6.45) is 0. The average Bonchev–Trinajstić information content (AvgIpc) is 2.17. The molecule has 0 saturated carbocycles. The largest absolute Gasteiger partial charge is 0.192 e. The van der Waals surface area contributed by atoms with Crippen molar-refractivity contribution in [1.82, 2.24) is 0 Å². The predicted octanol–water partition coefficient (Wildman–Crippen LogP) is 2.68. The Morgan fingerprint density at radius 3 is 3.00 bits per heavy atom. The minimum absolute atomic E-state index is 0.303. The maximum Gasteiger partial charge on any atom is 0.0991 e. The summed E-state index contributed by atoms with van der Waals surface area (Å²) in [5, 5.41) is 12.1. The summed E-state index contributed by atoms with van der Waals surface area (Å²) in [7, 11) is 0. The molecule has 0 aromatic heterocycles. The van der Waals surface area contributed by atoms with Gasteiger partial charge in [0, 0.05) is 4.91 Å². The van der Waals surface area contributed by atoms with E-state index < -0.39 is 0 Å². The third-order valence-electron chi connectivity index (χ3n) is 1.78. The van der Waals surface area contributed by atoms with Crippen molar-refractivity contribution in [1.29, 1.82) is 5.26 Å². The molecule has 4 nitrogen and oxygen atoms in total. The number of benzene rings is 1. The Labute approximate surface area is 76.1 Å². The summed E-state index contributed by atoms with van der Waals surface area (Å²) in [4.78, 5) is 2.67. The maximum atomic E-state index is 8.62. The first-order valence-electron chi connectivity index (χ1n) is 3.78. The number of rotatable bonds is 2. The van der Waals surface area contributed by atoms with E-state index in [1.807, 2.05) is 19.1 Å². The normalized spacial score (nSPS) is 8.62. The van der Waals surface area contributed by atoms with Crippen molar-refractivity contribution >= 4 is 0 Å². The molecule has 0 saturated heterocycles. The van der Waals surface area contributed by atoms with Gasteiger partial charge in [-0.05, 0) is 35.7 Å². The van der Waals surface area contributed by atoms with Crippen molar-refractivity contribution in [3.63, 3.8) is 0 Å². The molecular formula is C9H8N4. The summed E-state index contributed by atoms with van der Waals surface area (Å²) < 4.78 is 0. The fourth-order valence-corrected chi connectivity index (χ4v) is 1.02. The fraction of sp³-hybridized carbons (Fsp3) is 0.222. The molecule has 1 rings (SSSR count). The van der Waals surface area contributed by atoms with Crippen molar-refractivity contribution in [2.75, 3.05) is 0 Å². The van der Waals surface area contributed by atoms with E-state index in [4.69, 9.17) is 10.8 Å². The van der Waals surface area contributed by atoms with E-state index in [2.05, 4.69) is 10.0 Å². The highest BCUT2D eigenvalue weighted by Gasteiger charge is 1.98. The average molecular weight is 172 g/mol. The van der Waals surface area contributed by atoms with Gasteiger partial charge in [0.1, 0.15) is 0 Å². The van der Waals surface area contributed by atoms with Crippen LogP contribution >= 0.6 is 0 Å². The van der Waals surface area contributed by atoms with Gasteiger partial charge in [-0.3, -0.25) is 0 Å². The van der Waals surface area contributed by atoms with Crippen LogP contribution in [0.1, 0.15) is 16.7 Å². The molecule has 4 heteroatoms. The second-order valence-corrected chi connectivity index (χ2v) is 2.64. The van der Waals surface area contributed by atoms with E-state index in [-0.39, 0.29) is 0 Å². The fourth-order valence-electron chi connectivity index (χ4n) is 1.02. The smallest absolute Gasteiger partial charge is 0.0991 e. The highest BCUT2D eigenvalue weighted by molar-refractivity contribution is 5.37. The Balaban J connectivity index is 3.05. The first-order valence-corrected chi connectivity index (χ1v) is 3.78. The summed E-state index contributed by atoms with van der Waals surface area (Å²) in [6, 6.07) is 7.37. The molecule has 0 aliphatic heterocycles. The molecular weight excluding hydrogens is 164 g/mol. The van der Waals surface area contributed by atoms with Crippen LogP contribution in [0.15, 0.2) is 23.3 Å². The molecule has 0 unspecified atom stereocenters. The van der Waals surface area contributed by atoms with Crippen molar-refractivity contribution in [2.45, 2.75) is 13.5 Å². The number of azide groups is 1. The standard InChI is InChI=1S/C9H8N4/c1-7-2-3-8(5-10)4-9(7)6-12-13-11/h2-4H,6H2,1H3. The Morgan fingerprint density at radius 1 is 1.62 bits per heavy atom. The molecule has 0 amide bonds. The van der Waals surface area contributed by atoms with Gasteiger partial charge in [-0.2, -0.15) is 5.26 Å². The second kappa shape index (κ2) is 4.15. The Morgan fingerprint density at radius 2 is 2.38 bits per heavy atom. The van der Waals surface area contributed by atoms with Crippen molar-refractivity contribution in [3.8, 4) is 6.07 Å². The van der Waals surface area contributed by atoms with Gasteiger partial charge >= 0.3 is 0 Å². The van der Waals surface area contributed by atoms with Gasteiger partial charge in [-0.1, -0.05) is 11.2 Å². The zero-order chi connectivity index (χ0) is 9.68. The second-order valence-electron chi connectivity index (χ2n) is 2.64. The van der Waals surface area contributed by atoms with Gasteiger partial charge < -0.3 is 0 Å². The molecule has 0 spiro atoms. The number of nitrogens with zero attached hydrogens (tertiary/aromatic N) is 4. The first kappa shape index (κ1) is 9.11. The van der Waals surface area contributed by atoms with E-state index >= 15 is 0 Å². The molecule has 1 aromatic carbocycles. The van der Waals surface area contributed by atoms with E-state index in [1.165, 1.54) is 0 Å². The van der Waals surface area contributed by atoms with Gasteiger partial charge in [0.2, 0.25) is 0 Å². The van der Waals surface area contributed by atoms with Crippen molar-refractivity contribution in [2.24, 2.45) is 5.11 Å². The molecule has 0 aliphatic carbocycles. The van der Waals surface area contributed by atoms with Crippen LogP contribution in [0.3, 0.4) is 0 Å². The Kier molecular flexibility index (Phi) is 2.91. The molecule has 1 aromatic rings. The van der Waals surface area contributed by atoms with Gasteiger partial charge in [-0.15, -0.1) is 0 Å². The lowest BCUT2D eigenvalue weighted by Crippen LogP contribution is -1.87. The summed E-state index contributed by atoms with van der Waals surface area (Å²) >= 11 is 0. The van der Waals surface area contributed by atoms with Crippen LogP contribution in [0, 0.1) is 18.3 Å². The monoisotopic (exact) mass is 172 g/mol. The lowest BCUT2D eigenvalue weighted by molar-refractivity contribution is 1.03. The molecule has 0 bridgehead atoms. The highest BCUT2D eigenvalue weighted by atomic mass is 15.1. The van der Waals surface area contributed by atoms with Crippen molar-refractivity contribution < 1.29 is 0 Å². The van der Waals surface area contributed by atoms with Gasteiger partial charge in [-0.25, -0.2) is 0 Å². The van der Waals surface area contributed by atoms with E-state index in [1.54, 1.807) is 12.1 Å². The summed E-state index contributed by atoms with van der Waals surface area (Å²) in [5.41, 5.74) is 10.7. The molecule has 0 aliphatic rings. The zero-order valence-electron chi connectivity index (χ0n) is 7.23. The quantitative estimate of drug-likeness (QED) is 0.384. The van der Waals surface area contributed by atoms with Crippen molar-refractivity contribution in [3.05, 3.63) is 45.3 Å². The molecule has 0 fully saturated rings. The minimum atomic E-state index is 0.303. The lowest BCUT2D eigenvalue weighted by Gasteiger charge is -2.01. The van der Waals surface area contributed by atoms with E-state index in [0.29, 0.717) is 12.1 Å². The lowest BCUT2D eigenvalue weighted by atomic mass is 10.1. The molecule has 64 valence electrons. The number of nitriles is 1. The van der Waals surface area contributed by atoms with Gasteiger partial charge in [0.05, 0.1) is 18.2 Å². The van der Waals surface area contributed by atoms with Crippen LogP contribution in [0.2, 0.25) is 0 Å². The van der Waals surface area contributed by atoms with Crippen LogP contribution in [0.5, 0.6) is 0 Å². The Bertz CT molecular complexity index is 397. The Hall–Kier alpha value is -1.98. The van der Waals surface area contributed by atoms with Gasteiger partial charge in [0.15, 0.2) is 0 Å². The van der Waals surface area contributed by atoms with Crippen LogP contribution in [-0.2, 0) is 6.54 Å². The summed E-state index contributed by atoms with van der Waals surface area (Å²) in [5.74, 6) is 0. The van der Waals surface area contributed by atoms with E-state index in [9.17, 15) is 0 Å². The van der Waals surface area contributed by atoms with E-state index in [0.717, 1.165) is 11.1 Å². The first-order chi connectivity index (χ1) is 6.27. The predicted molar refractivity (Wildman–Crippen MR) is 48.7 cm³/mol. The topological polar surface area (TPSA) is 72.5 Å². The SMILES string of the molecule is Cc1ccc(C#N)cc1CN=[N+]=[N-]. The minimum Gasteiger partial charge on any atom is -0.192 e. The summed E-state index contributed by atoms with van der Waals surface area (Å²) in [6.45, 7) is 2.22.